The zero-order valence-corrected chi connectivity index (χ0v) is 7.26. The number of hydrogen-bond donors (Lipinski definition) is 1. The Morgan fingerprint density at radius 2 is 2.15 bits per heavy atom. The van der Waals surface area contributed by atoms with Crippen molar-refractivity contribution in [3.63, 3.8) is 0 Å². The van der Waals surface area contributed by atoms with Gasteiger partial charge in [0.2, 0.25) is 0 Å². The lowest BCUT2D eigenvalue weighted by Gasteiger charge is -2.08. The zero-order chi connectivity index (χ0) is 9.84. The van der Waals surface area contributed by atoms with Gasteiger partial charge in [-0.25, -0.2) is 8.78 Å². The van der Waals surface area contributed by atoms with Crippen molar-refractivity contribution in [3.8, 4) is 5.75 Å². The summed E-state index contributed by atoms with van der Waals surface area (Å²) < 4.78 is 29.4. The van der Waals surface area contributed by atoms with Crippen molar-refractivity contribution in [2.45, 2.75) is 13.0 Å². The standard InChI is InChI=1S/C9H11F2NO/c1-13-8-4-6(9(10)11)2-3-7(8)5-12/h2-4,9H,5,12H2,1H3. The normalized spacial score (nSPS) is 10.5. The molecule has 0 heterocycles. The summed E-state index contributed by atoms with van der Waals surface area (Å²) in [6.07, 6.45) is -2.47. The minimum Gasteiger partial charge on any atom is -0.496 e. The van der Waals surface area contributed by atoms with Gasteiger partial charge in [-0.05, 0) is 6.07 Å². The second kappa shape index (κ2) is 4.18. The molecule has 72 valence electrons. The van der Waals surface area contributed by atoms with E-state index < -0.39 is 6.43 Å². The first-order valence-corrected chi connectivity index (χ1v) is 3.84. The first-order valence-electron chi connectivity index (χ1n) is 3.84. The molecule has 0 spiro atoms. The van der Waals surface area contributed by atoms with Crippen LogP contribution in [0.1, 0.15) is 17.6 Å². The molecule has 0 atom stereocenters. The van der Waals surface area contributed by atoms with Gasteiger partial charge >= 0.3 is 0 Å². The van der Waals surface area contributed by atoms with Crippen molar-refractivity contribution in [1.29, 1.82) is 0 Å². The minimum atomic E-state index is -2.47. The van der Waals surface area contributed by atoms with E-state index in [1.165, 1.54) is 19.2 Å². The molecule has 0 aliphatic heterocycles. The summed E-state index contributed by atoms with van der Waals surface area (Å²) in [5, 5.41) is 0. The molecular formula is C9H11F2NO. The Balaban J connectivity index is 3.05. The van der Waals surface area contributed by atoms with Crippen LogP contribution in [0.2, 0.25) is 0 Å². The highest BCUT2D eigenvalue weighted by molar-refractivity contribution is 5.37. The van der Waals surface area contributed by atoms with Crippen LogP contribution >= 0.6 is 0 Å². The molecule has 0 aliphatic carbocycles. The third kappa shape index (κ3) is 2.15. The Morgan fingerprint density at radius 3 is 2.62 bits per heavy atom. The maximum atomic E-state index is 12.2. The van der Waals surface area contributed by atoms with Gasteiger partial charge in [0.25, 0.3) is 6.43 Å². The van der Waals surface area contributed by atoms with Gasteiger partial charge in [0, 0.05) is 17.7 Å². The lowest BCUT2D eigenvalue weighted by Crippen LogP contribution is -2.00. The molecule has 0 saturated heterocycles. The van der Waals surface area contributed by atoms with E-state index in [0.717, 1.165) is 5.56 Å². The third-order valence-corrected chi connectivity index (χ3v) is 1.78. The lowest BCUT2D eigenvalue weighted by atomic mass is 10.1. The number of ether oxygens (including phenoxy) is 1. The maximum absolute atomic E-state index is 12.2. The van der Waals surface area contributed by atoms with Gasteiger partial charge in [-0.1, -0.05) is 12.1 Å². The van der Waals surface area contributed by atoms with Crippen LogP contribution < -0.4 is 10.5 Å². The highest BCUT2D eigenvalue weighted by Crippen LogP contribution is 2.26. The van der Waals surface area contributed by atoms with Gasteiger partial charge in [-0.2, -0.15) is 0 Å². The number of benzene rings is 1. The van der Waals surface area contributed by atoms with Crippen molar-refractivity contribution in [2.24, 2.45) is 5.73 Å². The largest absolute Gasteiger partial charge is 0.496 e. The first kappa shape index (κ1) is 9.92. The molecule has 13 heavy (non-hydrogen) atoms. The summed E-state index contributed by atoms with van der Waals surface area (Å²) >= 11 is 0. The summed E-state index contributed by atoms with van der Waals surface area (Å²) in [6.45, 7) is 0.284. The van der Waals surface area contributed by atoms with Gasteiger partial charge in [-0.15, -0.1) is 0 Å². The molecule has 0 radical (unpaired) electrons. The van der Waals surface area contributed by atoms with Crippen molar-refractivity contribution in [3.05, 3.63) is 29.3 Å². The number of halogens is 2. The SMILES string of the molecule is COc1cc(C(F)F)ccc1CN. The van der Waals surface area contributed by atoms with E-state index in [1.807, 2.05) is 0 Å². The Kier molecular flexibility index (Phi) is 3.19. The van der Waals surface area contributed by atoms with E-state index in [-0.39, 0.29) is 12.1 Å². The molecule has 4 heteroatoms. The molecule has 1 aromatic carbocycles. The topological polar surface area (TPSA) is 35.2 Å². The number of nitrogens with two attached hydrogens (primary N) is 1. The number of hydrogen-bond acceptors (Lipinski definition) is 2. The molecule has 1 aromatic rings. The highest BCUT2D eigenvalue weighted by atomic mass is 19.3. The second-order valence-electron chi connectivity index (χ2n) is 2.58. The smallest absolute Gasteiger partial charge is 0.263 e. The van der Waals surface area contributed by atoms with E-state index >= 15 is 0 Å². The molecule has 2 N–H and O–H groups in total. The molecule has 0 aliphatic rings. The van der Waals surface area contributed by atoms with Crippen LogP contribution in [0.4, 0.5) is 8.78 Å². The Hall–Kier alpha value is -1.16. The molecular weight excluding hydrogens is 176 g/mol. The van der Waals surface area contributed by atoms with Crippen molar-refractivity contribution in [1.82, 2.24) is 0 Å². The van der Waals surface area contributed by atoms with Crippen LogP contribution in [0.25, 0.3) is 0 Å². The van der Waals surface area contributed by atoms with Gasteiger partial charge in [0.05, 0.1) is 7.11 Å². The van der Waals surface area contributed by atoms with E-state index in [4.69, 9.17) is 10.5 Å². The predicted octanol–water partition coefficient (Wildman–Crippen LogP) is 2.09. The number of methoxy groups -OCH3 is 1. The average molecular weight is 187 g/mol. The second-order valence-corrected chi connectivity index (χ2v) is 2.58. The van der Waals surface area contributed by atoms with Crippen LogP contribution in [-0.2, 0) is 6.54 Å². The first-order chi connectivity index (χ1) is 6.19. The fourth-order valence-corrected chi connectivity index (χ4v) is 1.07. The molecule has 1 rings (SSSR count). The monoisotopic (exact) mass is 187 g/mol. The predicted molar refractivity (Wildman–Crippen MR) is 45.8 cm³/mol. The van der Waals surface area contributed by atoms with Crippen molar-refractivity contribution < 1.29 is 13.5 Å². The molecule has 0 unspecified atom stereocenters. The third-order valence-electron chi connectivity index (χ3n) is 1.78. The Labute approximate surface area is 75.3 Å². The van der Waals surface area contributed by atoms with Crippen LogP contribution in [0.15, 0.2) is 18.2 Å². The summed E-state index contributed by atoms with van der Waals surface area (Å²) in [5.74, 6) is 0.417. The molecule has 0 fully saturated rings. The molecule has 0 bridgehead atoms. The lowest BCUT2D eigenvalue weighted by molar-refractivity contribution is 0.151. The maximum Gasteiger partial charge on any atom is 0.263 e. The van der Waals surface area contributed by atoms with Crippen molar-refractivity contribution in [2.75, 3.05) is 7.11 Å². The van der Waals surface area contributed by atoms with Gasteiger partial charge in [0.15, 0.2) is 0 Å². The number of alkyl halides is 2. The van der Waals surface area contributed by atoms with E-state index in [2.05, 4.69) is 0 Å². The Morgan fingerprint density at radius 1 is 1.46 bits per heavy atom. The molecule has 2 nitrogen and oxygen atoms in total. The summed E-state index contributed by atoms with van der Waals surface area (Å²) in [6, 6.07) is 4.22. The van der Waals surface area contributed by atoms with Gasteiger partial charge in [0.1, 0.15) is 5.75 Å². The van der Waals surface area contributed by atoms with E-state index in [1.54, 1.807) is 6.07 Å². The molecule has 0 aromatic heterocycles. The minimum absolute atomic E-state index is 0.0472. The Bertz CT molecular complexity index is 289. The van der Waals surface area contributed by atoms with Crippen LogP contribution in [-0.4, -0.2) is 7.11 Å². The van der Waals surface area contributed by atoms with E-state index in [0.29, 0.717) is 5.75 Å². The summed E-state index contributed by atoms with van der Waals surface area (Å²) in [7, 11) is 1.43. The average Bonchev–Trinajstić information content (AvgIpc) is 2.16. The molecule has 0 amide bonds. The number of rotatable bonds is 3. The van der Waals surface area contributed by atoms with Gasteiger partial charge in [-0.3, -0.25) is 0 Å². The van der Waals surface area contributed by atoms with Crippen LogP contribution in [0, 0.1) is 0 Å². The van der Waals surface area contributed by atoms with E-state index in [9.17, 15) is 8.78 Å². The fourth-order valence-electron chi connectivity index (χ4n) is 1.07. The summed E-state index contributed by atoms with van der Waals surface area (Å²) in [5.41, 5.74) is 6.07. The van der Waals surface area contributed by atoms with Crippen molar-refractivity contribution >= 4 is 0 Å². The summed E-state index contributed by atoms with van der Waals surface area (Å²) in [4.78, 5) is 0. The highest BCUT2D eigenvalue weighted by Gasteiger charge is 2.09. The zero-order valence-electron chi connectivity index (χ0n) is 7.26. The molecule has 0 saturated carbocycles. The quantitative estimate of drug-likeness (QED) is 0.786. The van der Waals surface area contributed by atoms with Crippen LogP contribution in [0.5, 0.6) is 5.75 Å². The van der Waals surface area contributed by atoms with Crippen LogP contribution in [0.3, 0.4) is 0 Å². The fraction of sp³-hybridized carbons (Fsp3) is 0.333. The van der Waals surface area contributed by atoms with Gasteiger partial charge < -0.3 is 10.5 Å².